The van der Waals surface area contributed by atoms with Crippen LogP contribution >= 0.6 is 0 Å². The van der Waals surface area contributed by atoms with E-state index in [2.05, 4.69) is 69.0 Å². The SMILES string of the molecule is C=C1CCCCC/C=C2/CCCCC2=C1c1cc(C)cc(-c2ccccc2OCCCOc2ccccc2-c2cc(C)cc(-c3c4c(cc5c3CCCC5)CCCC4)c2O)c1O. The Hall–Kier alpha value is -5.48. The number of ether oxygens (including phenoxy) is 2. The molecule has 62 heavy (non-hydrogen) atoms. The van der Waals surface area contributed by atoms with E-state index >= 15 is 0 Å². The van der Waals surface area contributed by atoms with Crippen molar-refractivity contribution < 1.29 is 19.7 Å². The smallest absolute Gasteiger partial charge is 0.131 e. The first kappa shape index (κ1) is 41.9. The normalized spacial score (nSPS) is 17.6. The molecule has 4 aliphatic carbocycles. The summed E-state index contributed by atoms with van der Waals surface area (Å²) in [5.41, 5.74) is 19.8. The number of allylic oxidation sites excluding steroid dienone is 5. The Bertz CT molecular complexity index is 2520. The van der Waals surface area contributed by atoms with E-state index in [1.807, 2.05) is 36.4 Å². The number of phenols is 2. The van der Waals surface area contributed by atoms with Crippen molar-refractivity contribution in [2.75, 3.05) is 13.2 Å². The average Bonchev–Trinajstić information content (AvgIpc) is 3.29. The van der Waals surface area contributed by atoms with E-state index in [-0.39, 0.29) is 0 Å². The summed E-state index contributed by atoms with van der Waals surface area (Å²) in [6, 6.07) is 27.2. The summed E-state index contributed by atoms with van der Waals surface area (Å²) in [6.45, 7) is 9.80. The van der Waals surface area contributed by atoms with Crippen molar-refractivity contribution in [2.24, 2.45) is 0 Å². The second kappa shape index (κ2) is 18.9. The maximum atomic E-state index is 12.2. The summed E-state index contributed by atoms with van der Waals surface area (Å²) >= 11 is 0. The summed E-state index contributed by atoms with van der Waals surface area (Å²) < 4.78 is 13.0. The highest BCUT2D eigenvalue weighted by Crippen LogP contribution is 2.49. The molecule has 4 nitrogen and oxygen atoms in total. The van der Waals surface area contributed by atoms with Crippen LogP contribution in [0, 0.1) is 13.8 Å². The van der Waals surface area contributed by atoms with Gasteiger partial charge in [0, 0.05) is 39.8 Å². The fourth-order valence-corrected chi connectivity index (χ4v) is 10.9. The minimum absolute atomic E-state index is 0.298. The Morgan fingerprint density at radius 1 is 0.516 bits per heavy atom. The largest absolute Gasteiger partial charge is 0.507 e. The van der Waals surface area contributed by atoms with Crippen LogP contribution in [0.15, 0.2) is 108 Å². The Morgan fingerprint density at radius 3 is 1.68 bits per heavy atom. The van der Waals surface area contributed by atoms with E-state index in [9.17, 15) is 10.2 Å². The van der Waals surface area contributed by atoms with Crippen molar-refractivity contribution in [3.05, 3.63) is 147 Å². The van der Waals surface area contributed by atoms with Crippen molar-refractivity contribution in [1.29, 1.82) is 0 Å². The molecule has 1 fully saturated rings. The molecule has 0 atom stereocenters. The van der Waals surface area contributed by atoms with Crippen LogP contribution in [-0.2, 0) is 25.7 Å². The van der Waals surface area contributed by atoms with Gasteiger partial charge in [0.05, 0.1) is 13.2 Å². The molecule has 0 bridgehead atoms. The molecule has 9 rings (SSSR count). The number of rotatable bonds is 10. The number of benzene rings is 5. The molecule has 5 aromatic rings. The van der Waals surface area contributed by atoms with Gasteiger partial charge in [-0.1, -0.05) is 61.5 Å². The number of fused-ring (bicyclic) bond motifs is 3. The second-order valence-electron chi connectivity index (χ2n) is 18.4. The maximum absolute atomic E-state index is 12.2. The third-order valence-corrected chi connectivity index (χ3v) is 13.9. The zero-order valence-electron chi connectivity index (χ0n) is 37.1. The quantitative estimate of drug-likeness (QED) is 0.138. The van der Waals surface area contributed by atoms with E-state index in [0.717, 1.165) is 125 Å². The molecule has 2 N–H and O–H groups in total. The van der Waals surface area contributed by atoms with Gasteiger partial charge >= 0.3 is 0 Å². The first-order valence-corrected chi connectivity index (χ1v) is 23.7. The van der Waals surface area contributed by atoms with Crippen molar-refractivity contribution in [3.63, 3.8) is 0 Å². The lowest BCUT2D eigenvalue weighted by atomic mass is 9.76. The first-order valence-electron chi connectivity index (χ1n) is 23.7. The Labute approximate surface area is 370 Å². The Morgan fingerprint density at radius 2 is 1.03 bits per heavy atom. The van der Waals surface area contributed by atoms with Crippen molar-refractivity contribution in [1.82, 2.24) is 0 Å². The van der Waals surface area contributed by atoms with Crippen molar-refractivity contribution in [3.8, 4) is 56.4 Å². The molecular weight excluding hydrogens is 761 g/mol. The number of aromatic hydroxyl groups is 2. The standard InChI is InChI=1S/C58H64O4/c1-38-33-49(57(59)51(35-38)55-40(3)19-6-4-5-7-20-41-21-8-11-24-44(41)55)47-27-14-16-29-53(47)61-31-18-32-62-54-30-17-15-28-48(54)50-34-39(2)36-52(58(50)60)56-45-25-12-9-22-42(45)37-43-23-10-13-26-46(43)56/h14-17,20,27-30,33-37,59-60H,3-13,18-19,21-26,31-32H2,1-2H3/b41-20-,55-44?. The molecule has 0 saturated heterocycles. The molecule has 4 aliphatic rings. The van der Waals surface area contributed by atoms with Gasteiger partial charge in [-0.15, -0.1) is 0 Å². The lowest BCUT2D eigenvalue weighted by Crippen LogP contribution is -2.13. The Kier molecular flexibility index (Phi) is 12.7. The lowest BCUT2D eigenvalue weighted by molar-refractivity contribution is 0.248. The van der Waals surface area contributed by atoms with E-state index < -0.39 is 0 Å². The van der Waals surface area contributed by atoms with E-state index in [1.165, 1.54) is 90.3 Å². The number of phenolic OH excluding ortho intramolecular Hbond substituents is 2. The van der Waals surface area contributed by atoms with Crippen LogP contribution in [-0.4, -0.2) is 23.4 Å². The molecular formula is C58H64O4. The van der Waals surface area contributed by atoms with Gasteiger partial charge < -0.3 is 19.7 Å². The second-order valence-corrected chi connectivity index (χ2v) is 18.4. The fraction of sp³-hybridized carbons (Fsp3) is 0.379. The molecule has 4 heteroatoms. The summed E-state index contributed by atoms with van der Waals surface area (Å²) in [4.78, 5) is 0. The van der Waals surface area contributed by atoms with Crippen LogP contribution in [0.2, 0.25) is 0 Å². The molecule has 5 aromatic carbocycles. The molecule has 320 valence electrons. The molecule has 0 heterocycles. The maximum Gasteiger partial charge on any atom is 0.131 e. The predicted octanol–water partition coefficient (Wildman–Crippen LogP) is 15.1. The molecule has 0 amide bonds. The van der Waals surface area contributed by atoms with Gasteiger partial charge in [0.1, 0.15) is 23.0 Å². The van der Waals surface area contributed by atoms with E-state index in [4.69, 9.17) is 9.47 Å². The monoisotopic (exact) mass is 824 g/mol. The number of aryl methyl sites for hydroxylation is 4. The molecule has 1 saturated carbocycles. The number of hydrogen-bond donors (Lipinski definition) is 2. The summed E-state index contributed by atoms with van der Waals surface area (Å²) in [5.74, 6) is 2.13. The average molecular weight is 825 g/mol. The van der Waals surface area contributed by atoms with Gasteiger partial charge in [-0.25, -0.2) is 0 Å². The fourth-order valence-electron chi connectivity index (χ4n) is 10.9. The van der Waals surface area contributed by atoms with Gasteiger partial charge in [0.2, 0.25) is 0 Å². The summed E-state index contributed by atoms with van der Waals surface area (Å²) in [5, 5.41) is 24.5. The molecule has 0 aliphatic heterocycles. The third-order valence-electron chi connectivity index (χ3n) is 13.9. The third kappa shape index (κ3) is 8.63. The van der Waals surface area contributed by atoms with Crippen LogP contribution in [0.3, 0.4) is 0 Å². The van der Waals surface area contributed by atoms with Gasteiger partial charge in [0.25, 0.3) is 0 Å². The molecule has 0 radical (unpaired) electrons. The van der Waals surface area contributed by atoms with Crippen LogP contribution in [0.1, 0.15) is 129 Å². The highest BCUT2D eigenvalue weighted by atomic mass is 16.5. The summed E-state index contributed by atoms with van der Waals surface area (Å²) in [6.07, 6.45) is 22.6. The van der Waals surface area contributed by atoms with Gasteiger partial charge in [-0.3, -0.25) is 0 Å². The first-order chi connectivity index (χ1) is 30.4. The Balaban J connectivity index is 0.948. The minimum atomic E-state index is 0.298. The predicted molar refractivity (Wildman–Crippen MR) is 257 cm³/mol. The van der Waals surface area contributed by atoms with Gasteiger partial charge in [-0.2, -0.15) is 0 Å². The topological polar surface area (TPSA) is 58.9 Å². The van der Waals surface area contributed by atoms with Gasteiger partial charge in [0.15, 0.2) is 0 Å². The molecule has 0 unspecified atom stereocenters. The minimum Gasteiger partial charge on any atom is -0.507 e. The highest BCUT2D eigenvalue weighted by Gasteiger charge is 2.27. The van der Waals surface area contributed by atoms with Crippen LogP contribution < -0.4 is 9.47 Å². The number of para-hydroxylation sites is 2. The zero-order valence-corrected chi connectivity index (χ0v) is 37.1. The lowest BCUT2D eigenvalue weighted by Gasteiger charge is -2.28. The van der Waals surface area contributed by atoms with Crippen molar-refractivity contribution >= 4 is 5.57 Å². The highest BCUT2D eigenvalue weighted by molar-refractivity contribution is 5.91. The number of hydrogen-bond acceptors (Lipinski definition) is 4. The van der Waals surface area contributed by atoms with Crippen LogP contribution in [0.4, 0.5) is 0 Å². The molecule has 0 aromatic heterocycles. The van der Waals surface area contributed by atoms with Crippen LogP contribution in [0.25, 0.3) is 39.0 Å². The van der Waals surface area contributed by atoms with Crippen molar-refractivity contribution in [2.45, 2.75) is 129 Å². The van der Waals surface area contributed by atoms with Gasteiger partial charge in [-0.05, 0) is 214 Å². The van der Waals surface area contributed by atoms with Crippen LogP contribution in [0.5, 0.6) is 23.0 Å². The molecule has 0 spiro atoms. The summed E-state index contributed by atoms with van der Waals surface area (Å²) in [7, 11) is 0. The van der Waals surface area contributed by atoms with E-state index in [0.29, 0.717) is 31.1 Å². The zero-order chi connectivity index (χ0) is 42.6. The van der Waals surface area contributed by atoms with E-state index in [1.54, 1.807) is 0 Å².